The summed E-state index contributed by atoms with van der Waals surface area (Å²) in [6, 6.07) is 13.0. The Morgan fingerprint density at radius 3 is 2.57 bits per heavy atom. The first kappa shape index (κ1) is 21.1. The van der Waals surface area contributed by atoms with Gasteiger partial charge in [-0.1, -0.05) is 24.3 Å². The molecule has 4 amide bonds. The number of anilines is 1. The lowest BCUT2D eigenvalue weighted by Gasteiger charge is -2.10. The monoisotopic (exact) mass is 473 g/mol. The molecule has 10 heteroatoms. The van der Waals surface area contributed by atoms with Crippen molar-refractivity contribution in [1.29, 1.82) is 0 Å². The van der Waals surface area contributed by atoms with Gasteiger partial charge in [-0.3, -0.25) is 14.4 Å². The van der Waals surface area contributed by atoms with E-state index < -0.39 is 24.5 Å². The number of urea groups is 1. The Bertz CT molecular complexity index is 1040. The Morgan fingerprint density at radius 2 is 1.90 bits per heavy atom. The molecule has 0 unspecified atom stereocenters. The molecule has 1 saturated heterocycles. The van der Waals surface area contributed by atoms with Gasteiger partial charge >= 0.3 is 12.0 Å². The molecule has 1 heterocycles. The average molecular weight is 474 g/mol. The number of carboxylic acid groups (broad SMARTS) is 1. The number of halogens is 1. The number of aliphatic carboxylic acids is 1. The van der Waals surface area contributed by atoms with E-state index in [1.165, 1.54) is 6.08 Å². The van der Waals surface area contributed by atoms with Gasteiger partial charge in [-0.2, -0.15) is 0 Å². The molecular formula is C20H16BrN3O6. The maximum Gasteiger partial charge on any atom is 0.329 e. The summed E-state index contributed by atoms with van der Waals surface area (Å²) in [5.74, 6) is -1.93. The van der Waals surface area contributed by atoms with Crippen LogP contribution in [0.25, 0.3) is 6.08 Å². The first-order valence-electron chi connectivity index (χ1n) is 8.67. The van der Waals surface area contributed by atoms with Crippen molar-refractivity contribution in [2.75, 3.05) is 18.5 Å². The summed E-state index contributed by atoms with van der Waals surface area (Å²) < 4.78 is 6.04. The summed E-state index contributed by atoms with van der Waals surface area (Å²) in [6.07, 6.45) is 1.42. The minimum atomic E-state index is -1.29. The number of nitrogens with zero attached hydrogens (tertiary/aromatic N) is 1. The van der Waals surface area contributed by atoms with E-state index in [0.717, 1.165) is 0 Å². The van der Waals surface area contributed by atoms with E-state index >= 15 is 0 Å². The molecule has 2 aromatic rings. The van der Waals surface area contributed by atoms with Gasteiger partial charge in [0.05, 0.1) is 4.47 Å². The molecule has 1 fully saturated rings. The van der Waals surface area contributed by atoms with Crippen LogP contribution >= 0.6 is 15.9 Å². The van der Waals surface area contributed by atoms with E-state index in [2.05, 4.69) is 26.6 Å². The number of carbonyl (C=O) groups excluding carboxylic acids is 3. The molecule has 0 atom stereocenters. The molecule has 0 saturated carbocycles. The summed E-state index contributed by atoms with van der Waals surface area (Å²) in [4.78, 5) is 47.3. The third-order valence-corrected chi connectivity index (χ3v) is 4.56. The molecule has 30 heavy (non-hydrogen) atoms. The van der Waals surface area contributed by atoms with Crippen molar-refractivity contribution in [3.8, 4) is 5.75 Å². The Morgan fingerprint density at radius 1 is 1.17 bits per heavy atom. The highest BCUT2D eigenvalue weighted by Gasteiger charge is 2.34. The van der Waals surface area contributed by atoms with Crippen LogP contribution < -0.4 is 15.4 Å². The van der Waals surface area contributed by atoms with Crippen LogP contribution in [0.3, 0.4) is 0 Å². The van der Waals surface area contributed by atoms with Gasteiger partial charge in [0.25, 0.3) is 11.8 Å². The van der Waals surface area contributed by atoms with E-state index in [1.807, 2.05) is 6.07 Å². The van der Waals surface area contributed by atoms with E-state index in [-0.39, 0.29) is 18.2 Å². The van der Waals surface area contributed by atoms with Gasteiger partial charge in [-0.25, -0.2) is 9.69 Å². The molecule has 9 nitrogen and oxygen atoms in total. The van der Waals surface area contributed by atoms with Crippen molar-refractivity contribution < 1.29 is 29.0 Å². The number of imide groups is 1. The first-order chi connectivity index (χ1) is 14.3. The van der Waals surface area contributed by atoms with Crippen LogP contribution in [-0.4, -0.2) is 47.0 Å². The zero-order valence-electron chi connectivity index (χ0n) is 15.4. The SMILES string of the molecule is O=C(O)CN1C(=O)N/C(=C/c2ccc(OCC(=O)Nc3ccccc3)c(Br)c2)C1=O. The number of ether oxygens (including phenoxy) is 1. The van der Waals surface area contributed by atoms with Crippen molar-refractivity contribution in [2.24, 2.45) is 0 Å². The number of hydrogen-bond donors (Lipinski definition) is 3. The van der Waals surface area contributed by atoms with Crippen molar-refractivity contribution in [1.82, 2.24) is 10.2 Å². The molecule has 0 bridgehead atoms. The minimum absolute atomic E-state index is 0.0379. The zero-order chi connectivity index (χ0) is 21.7. The normalized spacial score (nSPS) is 14.6. The van der Waals surface area contributed by atoms with Gasteiger partial charge in [0.2, 0.25) is 0 Å². The number of carboxylic acids is 1. The Balaban J connectivity index is 1.63. The number of carbonyl (C=O) groups is 4. The molecule has 1 aliphatic heterocycles. The minimum Gasteiger partial charge on any atom is -0.483 e. The molecule has 0 spiro atoms. The van der Waals surface area contributed by atoms with Crippen molar-refractivity contribution in [3.05, 3.63) is 64.3 Å². The standard InChI is InChI=1S/C20H16BrN3O6/c21-14-8-12(9-15-19(28)24(10-18(26)27)20(29)23-15)6-7-16(14)30-11-17(25)22-13-4-2-1-3-5-13/h1-9H,10-11H2,(H,22,25)(H,23,29)(H,26,27)/b15-9+. The molecule has 0 radical (unpaired) electrons. The smallest absolute Gasteiger partial charge is 0.329 e. The quantitative estimate of drug-likeness (QED) is 0.418. The fourth-order valence-corrected chi connectivity index (χ4v) is 3.11. The number of nitrogens with one attached hydrogen (secondary N) is 2. The third-order valence-electron chi connectivity index (χ3n) is 3.94. The summed E-state index contributed by atoms with van der Waals surface area (Å²) in [7, 11) is 0. The number of rotatable bonds is 7. The average Bonchev–Trinajstić information content (AvgIpc) is 2.95. The van der Waals surface area contributed by atoms with Gasteiger partial charge in [0, 0.05) is 5.69 Å². The fourth-order valence-electron chi connectivity index (χ4n) is 2.60. The molecule has 0 aromatic heterocycles. The molecule has 0 aliphatic carbocycles. The van der Waals surface area contributed by atoms with E-state index in [9.17, 15) is 19.2 Å². The number of hydrogen-bond acceptors (Lipinski definition) is 5. The zero-order valence-corrected chi connectivity index (χ0v) is 17.0. The lowest BCUT2D eigenvalue weighted by Crippen LogP contribution is -2.35. The summed E-state index contributed by atoms with van der Waals surface area (Å²) in [5.41, 5.74) is 1.18. The van der Waals surface area contributed by atoms with Crippen LogP contribution in [0.4, 0.5) is 10.5 Å². The topological polar surface area (TPSA) is 125 Å². The lowest BCUT2D eigenvalue weighted by atomic mass is 10.2. The second-order valence-electron chi connectivity index (χ2n) is 6.17. The molecule has 2 aromatic carbocycles. The fraction of sp³-hybridized carbons (Fsp3) is 0.100. The number of para-hydroxylation sites is 1. The second-order valence-corrected chi connectivity index (χ2v) is 7.02. The molecule has 3 rings (SSSR count). The largest absolute Gasteiger partial charge is 0.483 e. The molecular weight excluding hydrogens is 458 g/mol. The van der Waals surface area contributed by atoms with Crippen molar-refractivity contribution in [3.63, 3.8) is 0 Å². The van der Waals surface area contributed by atoms with Crippen molar-refractivity contribution in [2.45, 2.75) is 0 Å². The van der Waals surface area contributed by atoms with Crippen LogP contribution in [0, 0.1) is 0 Å². The first-order valence-corrected chi connectivity index (χ1v) is 9.46. The van der Waals surface area contributed by atoms with Crippen LogP contribution in [0.15, 0.2) is 58.7 Å². The predicted molar refractivity (Wildman–Crippen MR) is 111 cm³/mol. The Kier molecular flexibility index (Phi) is 6.48. The Labute approximate surface area is 179 Å². The van der Waals surface area contributed by atoms with Crippen LogP contribution in [-0.2, 0) is 14.4 Å². The highest BCUT2D eigenvalue weighted by molar-refractivity contribution is 9.10. The summed E-state index contributed by atoms with van der Waals surface area (Å²) in [6.45, 7) is -0.920. The van der Waals surface area contributed by atoms with Crippen LogP contribution in [0.2, 0.25) is 0 Å². The van der Waals surface area contributed by atoms with Crippen molar-refractivity contribution >= 4 is 51.5 Å². The second kappa shape index (κ2) is 9.23. The molecule has 3 N–H and O–H groups in total. The summed E-state index contributed by atoms with van der Waals surface area (Å²) in [5, 5.41) is 13.8. The van der Waals surface area contributed by atoms with Gasteiger partial charge in [-0.15, -0.1) is 0 Å². The lowest BCUT2D eigenvalue weighted by molar-refractivity contribution is -0.140. The highest BCUT2D eigenvalue weighted by atomic mass is 79.9. The number of benzene rings is 2. The van der Waals surface area contributed by atoms with Crippen LogP contribution in [0.5, 0.6) is 5.75 Å². The number of amides is 4. The van der Waals surface area contributed by atoms with Gasteiger partial charge < -0.3 is 20.5 Å². The maximum atomic E-state index is 12.2. The Hall–Kier alpha value is -3.66. The van der Waals surface area contributed by atoms with E-state index in [4.69, 9.17) is 9.84 Å². The van der Waals surface area contributed by atoms with E-state index in [0.29, 0.717) is 26.4 Å². The van der Waals surface area contributed by atoms with Crippen LogP contribution in [0.1, 0.15) is 5.56 Å². The van der Waals surface area contributed by atoms with Gasteiger partial charge in [-0.05, 0) is 51.8 Å². The molecule has 1 aliphatic rings. The highest BCUT2D eigenvalue weighted by Crippen LogP contribution is 2.27. The van der Waals surface area contributed by atoms with Gasteiger partial charge in [0.15, 0.2) is 6.61 Å². The molecule has 154 valence electrons. The van der Waals surface area contributed by atoms with E-state index in [1.54, 1.807) is 42.5 Å². The maximum absolute atomic E-state index is 12.2. The summed E-state index contributed by atoms with van der Waals surface area (Å²) >= 11 is 3.34. The predicted octanol–water partition coefficient (Wildman–Crippen LogP) is 2.44. The third kappa shape index (κ3) is 5.23. The van der Waals surface area contributed by atoms with Gasteiger partial charge in [0.1, 0.15) is 18.0 Å².